The van der Waals surface area contributed by atoms with Crippen molar-refractivity contribution >= 4 is 23.2 Å². The van der Waals surface area contributed by atoms with E-state index in [9.17, 15) is 14.0 Å². The molecule has 0 saturated carbocycles. The summed E-state index contributed by atoms with van der Waals surface area (Å²) < 4.78 is 15.4. The second-order valence-corrected chi connectivity index (χ2v) is 6.66. The molecule has 0 aliphatic rings. The summed E-state index contributed by atoms with van der Waals surface area (Å²) >= 11 is 0. The third-order valence-corrected chi connectivity index (χ3v) is 3.45. The Morgan fingerprint density at radius 3 is 2.56 bits per heavy atom. The summed E-state index contributed by atoms with van der Waals surface area (Å²) in [6.45, 7) is 9.21. The van der Waals surface area contributed by atoms with Crippen molar-refractivity contribution in [2.75, 3.05) is 10.6 Å². The van der Waals surface area contributed by atoms with Gasteiger partial charge in [-0.1, -0.05) is 27.4 Å². The number of nitrogens with one attached hydrogen (secondary N) is 2. The quantitative estimate of drug-likeness (QED) is 0.836. The van der Waals surface area contributed by atoms with E-state index in [0.717, 1.165) is 6.08 Å². The third-order valence-electron chi connectivity index (χ3n) is 3.45. The zero-order chi connectivity index (χ0) is 18.8. The Labute approximate surface area is 145 Å². The van der Waals surface area contributed by atoms with Gasteiger partial charge >= 0.3 is 0 Å². The highest BCUT2D eigenvalue weighted by atomic mass is 19.1. The average Bonchev–Trinajstić information content (AvgIpc) is 2.93. The van der Waals surface area contributed by atoms with Crippen LogP contribution >= 0.6 is 0 Å². The van der Waals surface area contributed by atoms with E-state index in [4.69, 9.17) is 0 Å². The van der Waals surface area contributed by atoms with Crippen LogP contribution in [0.25, 0.3) is 0 Å². The van der Waals surface area contributed by atoms with Crippen molar-refractivity contribution in [3.05, 3.63) is 54.1 Å². The molecule has 2 rings (SSSR count). The van der Waals surface area contributed by atoms with E-state index in [1.165, 1.54) is 18.2 Å². The fourth-order valence-electron chi connectivity index (χ4n) is 2.29. The van der Waals surface area contributed by atoms with E-state index in [1.54, 1.807) is 17.9 Å². The second-order valence-electron chi connectivity index (χ2n) is 6.66. The molecule has 0 fully saturated rings. The van der Waals surface area contributed by atoms with Gasteiger partial charge in [0.05, 0.1) is 16.9 Å². The zero-order valence-corrected chi connectivity index (χ0v) is 14.7. The van der Waals surface area contributed by atoms with Crippen LogP contribution < -0.4 is 10.6 Å². The number of aryl methyl sites for hydroxylation is 1. The van der Waals surface area contributed by atoms with Crippen LogP contribution in [0.2, 0.25) is 0 Å². The summed E-state index contributed by atoms with van der Waals surface area (Å²) in [4.78, 5) is 24.0. The first-order chi connectivity index (χ1) is 11.6. The summed E-state index contributed by atoms with van der Waals surface area (Å²) in [6.07, 6.45) is 2.68. The lowest BCUT2D eigenvalue weighted by Gasteiger charge is -2.17. The van der Waals surface area contributed by atoms with Crippen molar-refractivity contribution in [3.63, 3.8) is 0 Å². The summed E-state index contributed by atoms with van der Waals surface area (Å²) in [6, 6.07) is 3.94. The van der Waals surface area contributed by atoms with E-state index in [1.807, 2.05) is 20.8 Å². The molecule has 0 unspecified atom stereocenters. The predicted molar refractivity (Wildman–Crippen MR) is 95.1 cm³/mol. The molecule has 132 valence electrons. The van der Waals surface area contributed by atoms with Crippen LogP contribution in [-0.4, -0.2) is 21.6 Å². The highest BCUT2D eigenvalue weighted by Crippen LogP contribution is 2.26. The van der Waals surface area contributed by atoms with Gasteiger partial charge in [-0.2, -0.15) is 5.10 Å². The van der Waals surface area contributed by atoms with Crippen LogP contribution in [0.5, 0.6) is 0 Å². The topological polar surface area (TPSA) is 76.0 Å². The maximum absolute atomic E-state index is 13.8. The van der Waals surface area contributed by atoms with Gasteiger partial charge in [-0.25, -0.2) is 4.39 Å². The minimum absolute atomic E-state index is 0.0371. The minimum atomic E-state index is -0.607. The predicted octanol–water partition coefficient (Wildman–Crippen LogP) is 3.23. The Kier molecular flexibility index (Phi) is 5.06. The molecule has 0 radical (unpaired) electrons. The van der Waals surface area contributed by atoms with Crippen molar-refractivity contribution < 1.29 is 14.0 Å². The van der Waals surface area contributed by atoms with E-state index in [-0.39, 0.29) is 17.0 Å². The molecule has 1 aromatic heterocycles. The first kappa shape index (κ1) is 18.4. The lowest BCUT2D eigenvalue weighted by molar-refractivity contribution is -0.111. The Morgan fingerprint density at radius 2 is 1.96 bits per heavy atom. The molecule has 7 heteroatoms. The molecular formula is C18H21FN4O2. The first-order valence-electron chi connectivity index (χ1n) is 7.70. The van der Waals surface area contributed by atoms with Gasteiger partial charge in [-0.05, 0) is 24.3 Å². The summed E-state index contributed by atoms with van der Waals surface area (Å²) in [5.41, 5.74) is 1.12. The van der Waals surface area contributed by atoms with Gasteiger partial charge in [0.15, 0.2) is 0 Å². The van der Waals surface area contributed by atoms with Crippen molar-refractivity contribution in [2.45, 2.75) is 26.2 Å². The standard InChI is InChI=1S/C18H21FN4O2/c1-6-15(24)21-14-9-11(7-8-13(14)19)20-17(25)12-10-23(5)22-16(12)18(2,3)4/h6-10H,1H2,2-5H3,(H,20,25)(H,21,24). The van der Waals surface area contributed by atoms with Crippen LogP contribution in [0.3, 0.4) is 0 Å². The lowest BCUT2D eigenvalue weighted by atomic mass is 9.89. The van der Waals surface area contributed by atoms with Crippen molar-refractivity contribution in [3.8, 4) is 0 Å². The first-order valence-corrected chi connectivity index (χ1v) is 7.70. The van der Waals surface area contributed by atoms with E-state index >= 15 is 0 Å². The number of hydrogen-bond donors (Lipinski definition) is 2. The molecule has 0 aliphatic heterocycles. The van der Waals surface area contributed by atoms with Crippen LogP contribution in [-0.2, 0) is 17.3 Å². The molecule has 2 aromatic rings. The van der Waals surface area contributed by atoms with E-state index < -0.39 is 11.7 Å². The number of nitrogens with zero attached hydrogens (tertiary/aromatic N) is 2. The fraction of sp³-hybridized carbons (Fsp3) is 0.278. The van der Waals surface area contributed by atoms with E-state index in [2.05, 4.69) is 22.3 Å². The number of halogens is 1. The molecule has 2 N–H and O–H groups in total. The summed E-state index contributed by atoms with van der Waals surface area (Å²) in [7, 11) is 1.74. The average molecular weight is 344 g/mol. The third kappa shape index (κ3) is 4.32. The molecule has 0 saturated heterocycles. The molecule has 25 heavy (non-hydrogen) atoms. The van der Waals surface area contributed by atoms with Gasteiger partial charge in [0.1, 0.15) is 5.82 Å². The molecule has 2 amide bonds. The molecule has 6 nitrogen and oxygen atoms in total. The Balaban J connectivity index is 2.29. The van der Waals surface area contributed by atoms with Gasteiger partial charge in [0.25, 0.3) is 5.91 Å². The maximum atomic E-state index is 13.8. The second kappa shape index (κ2) is 6.88. The van der Waals surface area contributed by atoms with Gasteiger partial charge in [-0.15, -0.1) is 0 Å². The lowest BCUT2D eigenvalue weighted by Crippen LogP contribution is -2.20. The number of anilines is 2. The van der Waals surface area contributed by atoms with E-state index in [0.29, 0.717) is 16.9 Å². The zero-order valence-electron chi connectivity index (χ0n) is 14.7. The number of hydrogen-bond acceptors (Lipinski definition) is 3. The smallest absolute Gasteiger partial charge is 0.259 e. The number of carbonyl (C=O) groups is 2. The van der Waals surface area contributed by atoms with Gasteiger partial charge < -0.3 is 10.6 Å². The summed E-state index contributed by atoms with van der Waals surface area (Å²) in [5.74, 6) is -1.50. The highest BCUT2D eigenvalue weighted by Gasteiger charge is 2.25. The molecule has 0 aliphatic carbocycles. The number of aromatic nitrogens is 2. The number of amides is 2. The van der Waals surface area contributed by atoms with Crippen LogP contribution in [0.1, 0.15) is 36.8 Å². The number of carbonyl (C=O) groups excluding carboxylic acids is 2. The minimum Gasteiger partial charge on any atom is -0.322 e. The van der Waals surface area contributed by atoms with Crippen molar-refractivity contribution in [1.82, 2.24) is 9.78 Å². The molecule has 1 aromatic carbocycles. The SMILES string of the molecule is C=CC(=O)Nc1cc(NC(=O)c2cn(C)nc2C(C)(C)C)ccc1F. The molecule has 1 heterocycles. The fourth-order valence-corrected chi connectivity index (χ4v) is 2.29. The van der Waals surface area contributed by atoms with Crippen molar-refractivity contribution in [2.24, 2.45) is 7.05 Å². The monoisotopic (exact) mass is 344 g/mol. The van der Waals surface area contributed by atoms with Gasteiger partial charge in [-0.3, -0.25) is 14.3 Å². The van der Waals surface area contributed by atoms with Gasteiger partial charge in [0, 0.05) is 24.3 Å². The molecular weight excluding hydrogens is 323 g/mol. The highest BCUT2D eigenvalue weighted by molar-refractivity contribution is 6.06. The Bertz CT molecular complexity index is 834. The van der Waals surface area contributed by atoms with Gasteiger partial charge in [0.2, 0.25) is 5.91 Å². The Morgan fingerprint density at radius 1 is 1.28 bits per heavy atom. The number of rotatable bonds is 4. The molecule has 0 atom stereocenters. The summed E-state index contributed by atoms with van der Waals surface area (Å²) in [5, 5.41) is 9.41. The van der Waals surface area contributed by atoms with Crippen LogP contribution in [0.15, 0.2) is 37.1 Å². The molecule has 0 spiro atoms. The maximum Gasteiger partial charge on any atom is 0.259 e. The Hall–Kier alpha value is -2.96. The largest absolute Gasteiger partial charge is 0.322 e. The van der Waals surface area contributed by atoms with Crippen molar-refractivity contribution in [1.29, 1.82) is 0 Å². The number of benzene rings is 1. The molecule has 0 bridgehead atoms. The van der Waals surface area contributed by atoms with Crippen LogP contribution in [0, 0.1) is 5.82 Å². The normalized spacial score (nSPS) is 11.1. The van der Waals surface area contributed by atoms with Crippen LogP contribution in [0.4, 0.5) is 15.8 Å².